The van der Waals surface area contributed by atoms with Gasteiger partial charge in [0, 0.05) is 11.4 Å². The highest BCUT2D eigenvalue weighted by Gasteiger charge is 2.15. The monoisotopic (exact) mass is 410 g/mol. The van der Waals surface area contributed by atoms with Gasteiger partial charge in [0.1, 0.15) is 11.6 Å². The highest BCUT2D eigenvalue weighted by Crippen LogP contribution is 2.25. The topological polar surface area (TPSA) is 69.0 Å². The number of hydrogen-bond acceptors (Lipinski definition) is 5. The molecule has 0 atom stereocenters. The molecule has 29 heavy (non-hydrogen) atoms. The van der Waals surface area contributed by atoms with Gasteiger partial charge < -0.3 is 10.1 Å². The first kappa shape index (κ1) is 20.9. The Morgan fingerprint density at radius 2 is 1.72 bits per heavy atom. The molecule has 1 heterocycles. The van der Waals surface area contributed by atoms with Crippen LogP contribution in [-0.2, 0) is 10.2 Å². The van der Waals surface area contributed by atoms with E-state index >= 15 is 0 Å². The molecule has 3 aromatic rings. The second-order valence-electron chi connectivity index (χ2n) is 7.73. The van der Waals surface area contributed by atoms with E-state index in [1.165, 1.54) is 17.3 Å². The van der Waals surface area contributed by atoms with Gasteiger partial charge in [-0.25, -0.2) is 0 Å². The summed E-state index contributed by atoms with van der Waals surface area (Å²) in [6.45, 7) is 8.38. The van der Waals surface area contributed by atoms with E-state index < -0.39 is 0 Å². The lowest BCUT2D eigenvalue weighted by atomic mass is 9.87. The van der Waals surface area contributed by atoms with Gasteiger partial charge in [0.2, 0.25) is 5.91 Å². The zero-order chi connectivity index (χ0) is 21.0. The van der Waals surface area contributed by atoms with Crippen molar-refractivity contribution in [3.05, 3.63) is 59.9 Å². The van der Waals surface area contributed by atoms with Crippen LogP contribution in [0.5, 0.6) is 5.75 Å². The van der Waals surface area contributed by atoms with Crippen LogP contribution in [0.2, 0.25) is 0 Å². The normalized spacial score (nSPS) is 11.3. The summed E-state index contributed by atoms with van der Waals surface area (Å²) in [5.74, 6) is 1.71. The van der Waals surface area contributed by atoms with Crippen molar-refractivity contribution >= 4 is 23.4 Å². The van der Waals surface area contributed by atoms with Gasteiger partial charge in [-0.2, -0.15) is 0 Å². The van der Waals surface area contributed by atoms with Crippen molar-refractivity contribution in [2.45, 2.75) is 38.3 Å². The molecule has 0 spiro atoms. The molecule has 7 heteroatoms. The molecule has 0 saturated heterocycles. The summed E-state index contributed by atoms with van der Waals surface area (Å²) in [6, 6.07) is 15.6. The fraction of sp³-hybridized carbons (Fsp3) is 0.318. The van der Waals surface area contributed by atoms with Gasteiger partial charge in [-0.3, -0.25) is 9.36 Å². The largest absolute Gasteiger partial charge is 0.497 e. The first-order valence-corrected chi connectivity index (χ1v) is 10.4. The SMILES string of the molecule is COc1ccc(-n2c(C)nnc2SCC(=O)Nc2ccc(C(C)(C)C)cc2)cc1. The van der Waals surface area contributed by atoms with E-state index in [1.807, 2.05) is 60.0 Å². The second kappa shape index (κ2) is 8.69. The molecular formula is C22H26N4O2S. The maximum Gasteiger partial charge on any atom is 0.234 e. The number of thioether (sulfide) groups is 1. The molecule has 0 saturated carbocycles. The predicted molar refractivity (Wildman–Crippen MR) is 117 cm³/mol. The van der Waals surface area contributed by atoms with Crippen molar-refractivity contribution in [1.29, 1.82) is 0 Å². The van der Waals surface area contributed by atoms with Gasteiger partial charge in [-0.05, 0) is 54.3 Å². The minimum Gasteiger partial charge on any atom is -0.497 e. The third-order valence-corrected chi connectivity index (χ3v) is 5.42. The van der Waals surface area contributed by atoms with E-state index in [2.05, 4.69) is 36.3 Å². The van der Waals surface area contributed by atoms with Crippen LogP contribution in [0.4, 0.5) is 5.69 Å². The maximum atomic E-state index is 12.4. The molecule has 0 radical (unpaired) electrons. The number of carbonyl (C=O) groups excluding carboxylic acids is 1. The van der Waals surface area contributed by atoms with Crippen LogP contribution in [-0.4, -0.2) is 33.5 Å². The lowest BCUT2D eigenvalue weighted by molar-refractivity contribution is -0.113. The lowest BCUT2D eigenvalue weighted by Crippen LogP contribution is -2.15. The van der Waals surface area contributed by atoms with Crippen molar-refractivity contribution in [3.63, 3.8) is 0 Å². The van der Waals surface area contributed by atoms with Crippen molar-refractivity contribution in [3.8, 4) is 11.4 Å². The number of amides is 1. The first-order chi connectivity index (χ1) is 13.8. The highest BCUT2D eigenvalue weighted by atomic mass is 32.2. The number of hydrogen-bond donors (Lipinski definition) is 1. The van der Waals surface area contributed by atoms with E-state index in [-0.39, 0.29) is 17.1 Å². The zero-order valence-corrected chi connectivity index (χ0v) is 18.2. The van der Waals surface area contributed by atoms with Crippen LogP contribution in [0.1, 0.15) is 32.2 Å². The van der Waals surface area contributed by atoms with Crippen molar-refractivity contribution in [2.24, 2.45) is 0 Å². The number of anilines is 1. The van der Waals surface area contributed by atoms with Crippen LogP contribution < -0.4 is 10.1 Å². The predicted octanol–water partition coefficient (Wildman–Crippen LogP) is 4.61. The summed E-state index contributed by atoms with van der Waals surface area (Å²) >= 11 is 1.35. The smallest absolute Gasteiger partial charge is 0.234 e. The molecule has 6 nitrogen and oxygen atoms in total. The Morgan fingerprint density at radius 1 is 1.07 bits per heavy atom. The number of nitrogens with zero attached hydrogens (tertiary/aromatic N) is 3. The number of nitrogens with one attached hydrogen (secondary N) is 1. The molecule has 0 bridgehead atoms. The van der Waals surface area contributed by atoms with Gasteiger partial charge in [-0.15, -0.1) is 10.2 Å². The maximum absolute atomic E-state index is 12.4. The molecule has 0 aliphatic heterocycles. The molecule has 1 amide bonds. The number of carbonyl (C=O) groups is 1. The summed E-state index contributed by atoms with van der Waals surface area (Å²) < 4.78 is 7.14. The second-order valence-corrected chi connectivity index (χ2v) is 8.67. The standard InChI is InChI=1S/C22H26N4O2S/c1-15-24-25-21(26(15)18-10-12-19(28-5)13-11-18)29-14-20(27)23-17-8-6-16(7-9-17)22(2,3)4/h6-13H,14H2,1-5H3,(H,23,27). The van der Waals surface area contributed by atoms with Crippen LogP contribution >= 0.6 is 11.8 Å². The number of aryl methyl sites for hydroxylation is 1. The fourth-order valence-corrected chi connectivity index (χ4v) is 3.64. The third-order valence-electron chi connectivity index (χ3n) is 4.49. The number of aromatic nitrogens is 3. The van der Waals surface area contributed by atoms with Crippen molar-refractivity contribution < 1.29 is 9.53 Å². The Hall–Kier alpha value is -2.80. The molecule has 152 valence electrons. The van der Waals surface area contributed by atoms with E-state index in [0.717, 1.165) is 22.9 Å². The van der Waals surface area contributed by atoms with Gasteiger partial charge in [0.05, 0.1) is 12.9 Å². The van der Waals surface area contributed by atoms with Gasteiger partial charge in [0.25, 0.3) is 0 Å². The molecule has 0 aliphatic rings. The minimum absolute atomic E-state index is 0.0829. The van der Waals surface area contributed by atoms with E-state index in [0.29, 0.717) is 5.16 Å². The summed E-state index contributed by atoms with van der Waals surface area (Å²) in [5, 5.41) is 12.0. The molecule has 0 unspecified atom stereocenters. The van der Waals surface area contributed by atoms with Crippen LogP contribution in [0, 0.1) is 6.92 Å². The molecule has 0 aliphatic carbocycles. The molecule has 0 fully saturated rings. The van der Waals surface area contributed by atoms with Crippen LogP contribution in [0.3, 0.4) is 0 Å². The average Bonchev–Trinajstić information content (AvgIpc) is 3.06. The molecular weight excluding hydrogens is 384 g/mol. The van der Waals surface area contributed by atoms with Gasteiger partial charge in [-0.1, -0.05) is 44.7 Å². The van der Waals surface area contributed by atoms with E-state index in [9.17, 15) is 4.79 Å². The van der Waals surface area contributed by atoms with Crippen LogP contribution in [0.25, 0.3) is 5.69 Å². The molecule has 1 N–H and O–H groups in total. The van der Waals surface area contributed by atoms with E-state index in [1.54, 1.807) is 7.11 Å². The van der Waals surface area contributed by atoms with Crippen molar-refractivity contribution in [1.82, 2.24) is 14.8 Å². The summed E-state index contributed by atoms with van der Waals surface area (Å²) in [4.78, 5) is 12.4. The number of methoxy groups -OCH3 is 1. The van der Waals surface area contributed by atoms with Crippen LogP contribution in [0.15, 0.2) is 53.7 Å². The summed E-state index contributed by atoms with van der Waals surface area (Å²) in [6.07, 6.45) is 0. The minimum atomic E-state index is -0.0829. The number of ether oxygens (including phenoxy) is 1. The number of rotatable bonds is 6. The van der Waals surface area contributed by atoms with E-state index in [4.69, 9.17) is 4.74 Å². The Morgan fingerprint density at radius 3 is 2.31 bits per heavy atom. The Bertz CT molecular complexity index is 974. The molecule has 3 rings (SSSR count). The lowest BCUT2D eigenvalue weighted by Gasteiger charge is -2.19. The molecule has 1 aromatic heterocycles. The third kappa shape index (κ3) is 5.17. The first-order valence-electron chi connectivity index (χ1n) is 9.37. The number of benzene rings is 2. The quantitative estimate of drug-likeness (QED) is 0.601. The Labute approximate surface area is 175 Å². The summed E-state index contributed by atoms with van der Waals surface area (Å²) in [7, 11) is 1.63. The van der Waals surface area contributed by atoms with Crippen molar-refractivity contribution in [2.75, 3.05) is 18.2 Å². The molecule has 2 aromatic carbocycles. The highest BCUT2D eigenvalue weighted by molar-refractivity contribution is 7.99. The fourth-order valence-electron chi connectivity index (χ4n) is 2.85. The Balaban J connectivity index is 1.65. The zero-order valence-electron chi connectivity index (χ0n) is 17.4. The summed E-state index contributed by atoms with van der Waals surface area (Å²) in [5.41, 5.74) is 3.03. The Kier molecular flexibility index (Phi) is 6.27. The van der Waals surface area contributed by atoms with Gasteiger partial charge in [0.15, 0.2) is 5.16 Å². The average molecular weight is 411 g/mol. The van der Waals surface area contributed by atoms with Gasteiger partial charge >= 0.3 is 0 Å².